The van der Waals surface area contributed by atoms with Crippen molar-refractivity contribution in [1.82, 2.24) is 5.32 Å². The van der Waals surface area contributed by atoms with Crippen molar-refractivity contribution in [2.75, 3.05) is 0 Å². The highest BCUT2D eigenvalue weighted by molar-refractivity contribution is 6.02. The zero-order valence-electron chi connectivity index (χ0n) is 10.8. The van der Waals surface area contributed by atoms with Gasteiger partial charge in [0.25, 0.3) is 5.91 Å². The summed E-state index contributed by atoms with van der Waals surface area (Å²) >= 11 is 0. The zero-order valence-corrected chi connectivity index (χ0v) is 10.8. The Morgan fingerprint density at radius 1 is 1.24 bits per heavy atom. The molecule has 1 saturated carbocycles. The van der Waals surface area contributed by atoms with Gasteiger partial charge in [0.15, 0.2) is 5.60 Å². The van der Waals surface area contributed by atoms with Gasteiger partial charge in [-0.1, -0.05) is 20.8 Å². The molecule has 2 amide bonds. The average molecular weight is 239 g/mol. The van der Waals surface area contributed by atoms with E-state index >= 15 is 0 Å². The fraction of sp³-hybridized carbons (Fsp3) is 0.846. The Kier molecular flexibility index (Phi) is 2.92. The van der Waals surface area contributed by atoms with Crippen LogP contribution in [0.15, 0.2) is 0 Å². The Hall–Kier alpha value is -1.06. The van der Waals surface area contributed by atoms with E-state index in [-0.39, 0.29) is 11.3 Å². The summed E-state index contributed by atoms with van der Waals surface area (Å²) < 4.78 is 5.24. The lowest BCUT2D eigenvalue weighted by Crippen LogP contribution is -2.38. The molecule has 96 valence electrons. The van der Waals surface area contributed by atoms with Crippen molar-refractivity contribution < 1.29 is 14.3 Å². The first kappa shape index (κ1) is 12.4. The van der Waals surface area contributed by atoms with E-state index in [1.165, 1.54) is 0 Å². The number of ether oxygens (including phenoxy) is 1. The lowest BCUT2D eigenvalue weighted by atomic mass is 9.76. The molecule has 0 bridgehead atoms. The molecule has 0 aromatic heterocycles. The van der Waals surface area contributed by atoms with Crippen molar-refractivity contribution in [3.05, 3.63) is 0 Å². The highest BCUT2D eigenvalue weighted by Gasteiger charge is 2.50. The molecule has 1 spiro atoms. The van der Waals surface area contributed by atoms with E-state index in [1.54, 1.807) is 0 Å². The van der Waals surface area contributed by atoms with Crippen LogP contribution >= 0.6 is 0 Å². The SMILES string of the molecule is CC(C)(C)C1CCCC2(CC1)OC(=O)NC2=O. The molecule has 1 heterocycles. The predicted octanol–water partition coefficient (Wildman–Crippen LogP) is 2.62. The van der Waals surface area contributed by atoms with Gasteiger partial charge in [0, 0.05) is 0 Å². The van der Waals surface area contributed by atoms with Crippen LogP contribution in [-0.2, 0) is 9.53 Å². The van der Waals surface area contributed by atoms with Crippen LogP contribution in [0.3, 0.4) is 0 Å². The Bertz CT molecular complexity index is 345. The minimum atomic E-state index is -0.864. The second-order valence-corrected chi connectivity index (χ2v) is 6.33. The number of hydrogen-bond acceptors (Lipinski definition) is 3. The van der Waals surface area contributed by atoms with Crippen LogP contribution in [0.5, 0.6) is 0 Å². The van der Waals surface area contributed by atoms with Crippen LogP contribution in [0.1, 0.15) is 52.9 Å². The summed E-state index contributed by atoms with van der Waals surface area (Å²) in [5.74, 6) is 0.353. The fourth-order valence-corrected chi connectivity index (χ4v) is 2.96. The van der Waals surface area contributed by atoms with Crippen molar-refractivity contribution in [3.8, 4) is 0 Å². The summed E-state index contributed by atoms with van der Waals surface area (Å²) in [6.07, 6.45) is 3.75. The maximum atomic E-state index is 11.8. The van der Waals surface area contributed by atoms with Gasteiger partial charge in [-0.05, 0) is 43.4 Å². The van der Waals surface area contributed by atoms with Gasteiger partial charge in [0.1, 0.15) is 0 Å². The third kappa shape index (κ3) is 2.31. The molecule has 2 fully saturated rings. The molecule has 1 N–H and O–H groups in total. The van der Waals surface area contributed by atoms with Crippen LogP contribution in [0.25, 0.3) is 0 Å². The number of rotatable bonds is 0. The topological polar surface area (TPSA) is 55.4 Å². The zero-order chi connectivity index (χ0) is 12.7. The number of amides is 2. The van der Waals surface area contributed by atoms with Gasteiger partial charge in [-0.3, -0.25) is 10.1 Å². The van der Waals surface area contributed by atoms with Crippen LogP contribution in [0.2, 0.25) is 0 Å². The Morgan fingerprint density at radius 3 is 2.47 bits per heavy atom. The molecule has 1 saturated heterocycles. The molecule has 2 rings (SSSR count). The summed E-state index contributed by atoms with van der Waals surface area (Å²) in [5, 5.41) is 2.26. The Labute approximate surface area is 102 Å². The molecule has 0 aromatic rings. The number of hydrogen-bond donors (Lipinski definition) is 1. The number of imide groups is 1. The third-order valence-electron chi connectivity index (χ3n) is 4.17. The maximum absolute atomic E-state index is 11.8. The standard InChI is InChI=1S/C13H21NO3/c1-12(2,3)9-5-4-7-13(8-6-9)10(15)14-11(16)17-13/h9H,4-8H2,1-3H3,(H,14,15,16). The van der Waals surface area contributed by atoms with Gasteiger partial charge < -0.3 is 4.74 Å². The molecular weight excluding hydrogens is 218 g/mol. The van der Waals surface area contributed by atoms with Gasteiger partial charge >= 0.3 is 6.09 Å². The first-order chi connectivity index (χ1) is 7.83. The number of carbonyl (C=O) groups excluding carboxylic acids is 2. The van der Waals surface area contributed by atoms with Crippen molar-refractivity contribution in [3.63, 3.8) is 0 Å². The van der Waals surface area contributed by atoms with E-state index < -0.39 is 11.7 Å². The fourth-order valence-electron chi connectivity index (χ4n) is 2.96. The minimum absolute atomic E-state index is 0.239. The number of carbonyl (C=O) groups is 2. The number of nitrogens with one attached hydrogen (secondary N) is 1. The van der Waals surface area contributed by atoms with Gasteiger partial charge in [-0.15, -0.1) is 0 Å². The van der Waals surface area contributed by atoms with E-state index in [0.717, 1.165) is 19.3 Å². The second-order valence-electron chi connectivity index (χ2n) is 6.33. The molecule has 17 heavy (non-hydrogen) atoms. The summed E-state index contributed by atoms with van der Waals surface area (Å²) in [4.78, 5) is 23.0. The molecule has 1 aliphatic carbocycles. The Balaban J connectivity index is 2.10. The Morgan fingerprint density at radius 2 is 1.94 bits per heavy atom. The molecule has 1 aliphatic heterocycles. The third-order valence-corrected chi connectivity index (χ3v) is 4.17. The highest BCUT2D eigenvalue weighted by atomic mass is 16.6. The molecule has 2 aliphatic rings. The first-order valence-corrected chi connectivity index (χ1v) is 6.38. The van der Waals surface area contributed by atoms with E-state index in [9.17, 15) is 9.59 Å². The lowest BCUT2D eigenvalue weighted by Gasteiger charge is -2.30. The monoisotopic (exact) mass is 239 g/mol. The molecule has 4 nitrogen and oxygen atoms in total. The van der Waals surface area contributed by atoms with E-state index in [2.05, 4.69) is 26.1 Å². The molecule has 0 aromatic carbocycles. The number of alkyl carbamates (subject to hydrolysis) is 1. The normalized spacial score (nSPS) is 34.4. The minimum Gasteiger partial charge on any atom is -0.432 e. The van der Waals surface area contributed by atoms with Gasteiger partial charge in [0.05, 0.1) is 0 Å². The summed E-state index contributed by atoms with van der Waals surface area (Å²) in [6, 6.07) is 0. The quantitative estimate of drug-likeness (QED) is 0.707. The van der Waals surface area contributed by atoms with Gasteiger partial charge in [-0.2, -0.15) is 0 Å². The molecule has 2 atom stereocenters. The van der Waals surface area contributed by atoms with E-state index in [1.807, 2.05) is 0 Å². The summed E-state index contributed by atoms with van der Waals surface area (Å²) in [6.45, 7) is 6.70. The van der Waals surface area contributed by atoms with E-state index in [4.69, 9.17) is 4.74 Å². The van der Waals surface area contributed by atoms with Gasteiger partial charge in [-0.25, -0.2) is 4.79 Å². The van der Waals surface area contributed by atoms with Crippen molar-refractivity contribution >= 4 is 12.0 Å². The van der Waals surface area contributed by atoms with E-state index in [0.29, 0.717) is 18.8 Å². The predicted molar refractivity (Wildman–Crippen MR) is 63.4 cm³/mol. The summed E-state index contributed by atoms with van der Waals surface area (Å²) in [7, 11) is 0. The van der Waals surface area contributed by atoms with Crippen molar-refractivity contribution in [1.29, 1.82) is 0 Å². The van der Waals surface area contributed by atoms with Crippen LogP contribution < -0.4 is 5.32 Å². The van der Waals surface area contributed by atoms with Crippen molar-refractivity contribution in [2.24, 2.45) is 11.3 Å². The largest absolute Gasteiger partial charge is 0.432 e. The summed E-state index contributed by atoms with van der Waals surface area (Å²) in [5.41, 5.74) is -0.609. The molecular formula is C13H21NO3. The van der Waals surface area contributed by atoms with Crippen LogP contribution in [0.4, 0.5) is 4.79 Å². The molecule has 2 unspecified atom stereocenters. The van der Waals surface area contributed by atoms with Crippen molar-refractivity contribution in [2.45, 2.75) is 58.5 Å². The van der Waals surface area contributed by atoms with Gasteiger partial charge in [0.2, 0.25) is 0 Å². The molecule has 0 radical (unpaired) electrons. The first-order valence-electron chi connectivity index (χ1n) is 6.38. The molecule has 4 heteroatoms. The van der Waals surface area contributed by atoms with Crippen LogP contribution in [-0.4, -0.2) is 17.6 Å². The average Bonchev–Trinajstić information content (AvgIpc) is 2.37. The second kappa shape index (κ2) is 4.00. The lowest BCUT2D eigenvalue weighted by molar-refractivity contribution is -0.132. The smallest absolute Gasteiger partial charge is 0.415 e. The highest BCUT2D eigenvalue weighted by Crippen LogP contribution is 2.42. The van der Waals surface area contributed by atoms with Crippen LogP contribution in [0, 0.1) is 11.3 Å². The maximum Gasteiger partial charge on any atom is 0.415 e.